The first-order valence-electron chi connectivity index (χ1n) is 8.54. The highest BCUT2D eigenvalue weighted by molar-refractivity contribution is 5.76. The average Bonchev–Trinajstić information content (AvgIpc) is 2.61. The molecule has 24 heavy (non-hydrogen) atoms. The molecule has 1 rings (SSSR count). The van der Waals surface area contributed by atoms with Crippen LogP contribution in [0, 0.1) is 11.8 Å². The Morgan fingerprint density at radius 2 is 1.83 bits per heavy atom. The van der Waals surface area contributed by atoms with Crippen molar-refractivity contribution in [2.45, 2.75) is 40.2 Å². The molecule has 0 amide bonds. The molecule has 1 aromatic rings. The number of hydrogen-bond acceptors (Lipinski definition) is 4. The Labute approximate surface area is 148 Å². The fourth-order valence-corrected chi connectivity index (χ4v) is 1.76. The molecule has 0 heterocycles. The minimum atomic E-state index is 0. The van der Waals surface area contributed by atoms with E-state index in [-0.39, 0.29) is 13.8 Å². The number of carbonyl (C=O) groups excluding carboxylic acids is 1. The van der Waals surface area contributed by atoms with Crippen molar-refractivity contribution in [1.29, 1.82) is 0 Å². The third-order valence-electron chi connectivity index (χ3n) is 3.13. The van der Waals surface area contributed by atoms with Gasteiger partial charge in [0.25, 0.3) is 0 Å². The third kappa shape index (κ3) is 11.0. The number of Topliss-reactive ketones (excluding diaryl/α,β-unsaturated/α-hetero) is 1. The van der Waals surface area contributed by atoms with Crippen LogP contribution >= 0.6 is 0 Å². The molecule has 0 bridgehead atoms. The second kappa shape index (κ2) is 14.9. The second-order valence-corrected chi connectivity index (χ2v) is 5.09. The van der Waals surface area contributed by atoms with Gasteiger partial charge in [-0.3, -0.25) is 4.79 Å². The van der Waals surface area contributed by atoms with Crippen molar-refractivity contribution in [1.82, 2.24) is 5.32 Å². The van der Waals surface area contributed by atoms with Gasteiger partial charge in [-0.1, -0.05) is 37.8 Å². The lowest BCUT2D eigenvalue weighted by Crippen LogP contribution is -2.11. The topological polar surface area (TPSA) is 47.6 Å². The van der Waals surface area contributed by atoms with E-state index in [1.165, 1.54) is 12.5 Å². The van der Waals surface area contributed by atoms with Gasteiger partial charge in [0, 0.05) is 19.6 Å². The zero-order chi connectivity index (χ0) is 18.2. The van der Waals surface area contributed by atoms with E-state index in [0.29, 0.717) is 25.9 Å². The molecule has 0 aliphatic carbocycles. The lowest BCUT2D eigenvalue weighted by Gasteiger charge is -2.09. The summed E-state index contributed by atoms with van der Waals surface area (Å²) in [6.45, 7) is 9.35. The van der Waals surface area contributed by atoms with Crippen LogP contribution < -0.4 is 5.32 Å². The molecule has 136 valence electrons. The first-order valence-corrected chi connectivity index (χ1v) is 8.54. The molecule has 0 radical (unpaired) electrons. The summed E-state index contributed by atoms with van der Waals surface area (Å²) in [7, 11) is 1.95. The van der Waals surface area contributed by atoms with Crippen molar-refractivity contribution in [2.75, 3.05) is 33.5 Å². The molecule has 0 aliphatic heterocycles. The Morgan fingerprint density at radius 1 is 1.21 bits per heavy atom. The number of carbonyl (C=O) groups is 1. The van der Waals surface area contributed by atoms with Crippen molar-refractivity contribution < 1.29 is 15.7 Å². The summed E-state index contributed by atoms with van der Waals surface area (Å²) in [6, 6.07) is 8.55. The molecule has 4 heteroatoms. The van der Waals surface area contributed by atoms with Gasteiger partial charge in [-0.05, 0) is 45.0 Å². The van der Waals surface area contributed by atoms with Gasteiger partial charge >= 0.3 is 0 Å². The van der Waals surface area contributed by atoms with Crippen LogP contribution in [0.3, 0.4) is 0 Å². The van der Waals surface area contributed by atoms with E-state index < -0.39 is 0 Å². The highest BCUT2D eigenvalue weighted by Crippen LogP contribution is 2.11. The second-order valence-electron chi connectivity index (χ2n) is 5.09. The Balaban J connectivity index is 0. The predicted molar refractivity (Wildman–Crippen MR) is 101 cm³/mol. The smallest absolute Gasteiger partial charge is 0.155 e. The van der Waals surface area contributed by atoms with Crippen molar-refractivity contribution >= 4 is 5.78 Å². The van der Waals surface area contributed by atoms with Gasteiger partial charge in [0.05, 0.1) is 6.61 Å². The van der Waals surface area contributed by atoms with Crippen molar-refractivity contribution in [3.8, 4) is 11.8 Å². The third-order valence-corrected chi connectivity index (χ3v) is 3.13. The van der Waals surface area contributed by atoms with Gasteiger partial charge in [-0.15, -0.1) is 0 Å². The Bertz CT molecular complexity index is 506. The molecule has 0 aromatic heterocycles. The van der Waals surface area contributed by atoms with E-state index in [1.54, 1.807) is 0 Å². The Morgan fingerprint density at radius 3 is 2.42 bits per heavy atom. The van der Waals surface area contributed by atoms with Gasteiger partial charge in [-0.2, -0.15) is 0 Å². The average molecular weight is 335 g/mol. The van der Waals surface area contributed by atoms with Crippen LogP contribution in [0.1, 0.15) is 52.7 Å². The summed E-state index contributed by atoms with van der Waals surface area (Å²) in [5.41, 5.74) is 2.23. The first-order chi connectivity index (χ1) is 11.6. The van der Waals surface area contributed by atoms with Gasteiger partial charge < -0.3 is 14.8 Å². The van der Waals surface area contributed by atoms with E-state index in [2.05, 4.69) is 36.2 Å². The summed E-state index contributed by atoms with van der Waals surface area (Å²) in [6.07, 6.45) is 0.769. The maximum atomic E-state index is 10.6. The monoisotopic (exact) mass is 335 g/mol. The van der Waals surface area contributed by atoms with E-state index in [0.717, 1.165) is 12.0 Å². The van der Waals surface area contributed by atoms with E-state index >= 15 is 0 Å². The van der Waals surface area contributed by atoms with Gasteiger partial charge in [0.1, 0.15) is 13.2 Å². The number of ketones is 1. The van der Waals surface area contributed by atoms with Crippen LogP contribution in [0.5, 0.6) is 0 Å². The van der Waals surface area contributed by atoms with Crippen LogP contribution in [0.4, 0.5) is 0 Å². The van der Waals surface area contributed by atoms with E-state index in [1.807, 2.05) is 33.0 Å². The van der Waals surface area contributed by atoms with Crippen LogP contribution in [0.25, 0.3) is 0 Å². The van der Waals surface area contributed by atoms with Crippen molar-refractivity contribution in [3.05, 3.63) is 35.4 Å². The lowest BCUT2D eigenvalue weighted by molar-refractivity contribution is -0.121. The summed E-state index contributed by atoms with van der Waals surface area (Å²) >= 11 is 0. The maximum absolute atomic E-state index is 10.6. The number of ether oxygens (including phenoxy) is 2. The minimum absolute atomic E-state index is 0. The minimum Gasteiger partial charge on any atom is -0.374 e. The zero-order valence-electron chi connectivity index (χ0n) is 15.6. The molecule has 1 aromatic carbocycles. The highest BCUT2D eigenvalue weighted by atomic mass is 16.5. The Hall–Kier alpha value is -1.67. The predicted octanol–water partition coefficient (Wildman–Crippen LogP) is 3.60. The molecule has 0 saturated heterocycles. The summed E-state index contributed by atoms with van der Waals surface area (Å²) in [5.74, 6) is 6.11. The number of rotatable bonds is 9. The fraction of sp³-hybridized carbons (Fsp3) is 0.550. The largest absolute Gasteiger partial charge is 0.374 e. The fourth-order valence-electron chi connectivity index (χ4n) is 1.76. The van der Waals surface area contributed by atoms with Crippen molar-refractivity contribution in [3.63, 3.8) is 0 Å². The lowest BCUT2D eigenvalue weighted by atomic mass is 10.1. The molecular weight excluding hydrogens is 302 g/mol. The summed E-state index contributed by atoms with van der Waals surface area (Å²) in [4.78, 5) is 10.6. The quantitative estimate of drug-likeness (QED) is 0.553. The number of nitrogens with one attached hydrogen (secondary N) is 1. The first kappa shape index (κ1) is 22.3. The maximum Gasteiger partial charge on any atom is 0.155 e. The van der Waals surface area contributed by atoms with Gasteiger partial charge in [0.15, 0.2) is 5.78 Å². The molecule has 0 aliphatic rings. The van der Waals surface area contributed by atoms with Crippen LogP contribution in [0.15, 0.2) is 24.3 Å². The van der Waals surface area contributed by atoms with Crippen LogP contribution in [-0.2, 0) is 14.3 Å². The summed E-state index contributed by atoms with van der Waals surface area (Å²) < 4.78 is 10.5. The molecule has 0 unspecified atom stereocenters. The SMILES string of the molecule is CC.CN[C@@H](C)c1ccc(C#CCOCCCOCC(C)=O)cc1.[HH]. The highest BCUT2D eigenvalue weighted by Gasteiger charge is 2.00. The molecular formula is C20H33NO3. The van der Waals surface area contributed by atoms with Gasteiger partial charge in [0.2, 0.25) is 0 Å². The standard InChI is InChI=1S/C18H25NO3.C2H6.H2/c1-15(20)14-22-13-5-12-21-11-4-6-17-7-9-18(10-8-17)16(2)19-3;1-2;/h7-10,16,19H,5,11-14H2,1-3H3;1-2H3;1H/t16-;;/m0../s1. The molecule has 0 saturated carbocycles. The van der Waals surface area contributed by atoms with Gasteiger partial charge in [-0.25, -0.2) is 0 Å². The summed E-state index contributed by atoms with van der Waals surface area (Å²) in [5, 5.41) is 3.20. The van der Waals surface area contributed by atoms with Crippen molar-refractivity contribution in [2.24, 2.45) is 0 Å². The number of benzene rings is 1. The molecule has 4 nitrogen and oxygen atoms in total. The molecule has 1 N–H and O–H groups in total. The van der Waals surface area contributed by atoms with E-state index in [4.69, 9.17) is 9.47 Å². The van der Waals surface area contributed by atoms with Crippen LogP contribution in [-0.4, -0.2) is 39.3 Å². The Kier molecular flexibility index (Phi) is 13.9. The van der Waals surface area contributed by atoms with E-state index in [9.17, 15) is 4.79 Å². The zero-order valence-corrected chi connectivity index (χ0v) is 15.6. The normalized spacial score (nSPS) is 10.9. The van der Waals surface area contributed by atoms with Crippen LogP contribution in [0.2, 0.25) is 0 Å². The molecule has 0 spiro atoms. The number of hydrogen-bond donors (Lipinski definition) is 1. The molecule has 1 atom stereocenters. The molecule has 0 fully saturated rings.